The molecule has 2 aliphatic carbocycles. The van der Waals surface area contributed by atoms with E-state index in [1.807, 2.05) is 0 Å². The molecule has 0 aromatic heterocycles. The van der Waals surface area contributed by atoms with Gasteiger partial charge in [0.1, 0.15) is 0 Å². The predicted molar refractivity (Wildman–Crippen MR) is 56.9 cm³/mol. The lowest BCUT2D eigenvalue weighted by Gasteiger charge is -2.10. The number of hydrogen-bond donors (Lipinski definition) is 1. The summed E-state index contributed by atoms with van der Waals surface area (Å²) < 4.78 is 0. The van der Waals surface area contributed by atoms with Crippen molar-refractivity contribution in [3.8, 4) is 0 Å². The van der Waals surface area contributed by atoms with Gasteiger partial charge >= 0.3 is 5.97 Å². The lowest BCUT2D eigenvalue weighted by Crippen LogP contribution is -2.11. The summed E-state index contributed by atoms with van der Waals surface area (Å²) in [4.78, 5) is 11.0. The molecule has 15 heavy (non-hydrogen) atoms. The largest absolute Gasteiger partial charge is 0.481 e. The molecule has 1 aromatic rings. The lowest BCUT2D eigenvalue weighted by molar-refractivity contribution is -0.139. The van der Waals surface area contributed by atoms with Crippen LogP contribution in [0.2, 0.25) is 0 Å². The zero-order chi connectivity index (χ0) is 10.6. The van der Waals surface area contributed by atoms with Gasteiger partial charge in [0.05, 0.1) is 5.92 Å². The lowest BCUT2D eigenvalue weighted by atomic mass is 9.94. The van der Waals surface area contributed by atoms with Gasteiger partial charge in [-0.05, 0) is 42.9 Å². The number of hydrogen-bond acceptors (Lipinski definition) is 1. The molecule has 2 unspecified atom stereocenters. The molecule has 0 heterocycles. The van der Waals surface area contributed by atoms with E-state index in [2.05, 4.69) is 25.1 Å². The number of carboxylic acid groups (broad SMARTS) is 1. The monoisotopic (exact) mass is 202 g/mol. The molecule has 0 radical (unpaired) electrons. The van der Waals surface area contributed by atoms with Crippen molar-refractivity contribution in [1.29, 1.82) is 0 Å². The first-order chi connectivity index (χ1) is 7.15. The Hall–Kier alpha value is -1.31. The summed E-state index contributed by atoms with van der Waals surface area (Å²) in [5.41, 5.74) is 4.05. The Morgan fingerprint density at radius 1 is 1.53 bits per heavy atom. The van der Waals surface area contributed by atoms with Crippen LogP contribution in [0.1, 0.15) is 29.5 Å². The number of rotatable bonds is 1. The molecule has 1 aromatic carbocycles. The summed E-state index contributed by atoms with van der Waals surface area (Å²) in [7, 11) is 0. The van der Waals surface area contributed by atoms with Crippen molar-refractivity contribution in [2.45, 2.75) is 31.6 Å². The molecule has 0 amide bonds. The number of carboxylic acids is 1. The third-order valence-electron chi connectivity index (χ3n) is 4.14. The topological polar surface area (TPSA) is 37.3 Å². The summed E-state index contributed by atoms with van der Waals surface area (Å²) in [5.74, 6) is -0.745. The Morgan fingerprint density at radius 3 is 3.00 bits per heavy atom. The van der Waals surface area contributed by atoms with Crippen LogP contribution in [0, 0.1) is 12.8 Å². The summed E-state index contributed by atoms with van der Waals surface area (Å²) >= 11 is 0. The number of aliphatic carboxylic acids is 1. The van der Waals surface area contributed by atoms with Gasteiger partial charge in [-0.3, -0.25) is 4.79 Å². The van der Waals surface area contributed by atoms with Crippen molar-refractivity contribution in [2.24, 2.45) is 5.92 Å². The Labute approximate surface area is 88.9 Å². The minimum atomic E-state index is -0.621. The van der Waals surface area contributed by atoms with Gasteiger partial charge in [0.2, 0.25) is 0 Å². The Bertz CT molecular complexity index is 450. The molecule has 1 fully saturated rings. The fourth-order valence-electron chi connectivity index (χ4n) is 3.19. The summed E-state index contributed by atoms with van der Waals surface area (Å²) in [6.07, 6.45) is 2.94. The van der Waals surface area contributed by atoms with Crippen LogP contribution < -0.4 is 0 Å². The van der Waals surface area contributed by atoms with Crippen LogP contribution in [0.5, 0.6) is 0 Å². The average Bonchev–Trinajstić information content (AvgIpc) is 2.79. The van der Waals surface area contributed by atoms with Crippen molar-refractivity contribution >= 4 is 5.97 Å². The normalized spacial score (nSPS) is 31.7. The van der Waals surface area contributed by atoms with Crippen LogP contribution in [0.15, 0.2) is 18.2 Å². The maximum absolute atomic E-state index is 11.0. The van der Waals surface area contributed by atoms with Gasteiger partial charge in [0.15, 0.2) is 0 Å². The maximum atomic E-state index is 11.0. The van der Waals surface area contributed by atoms with Crippen molar-refractivity contribution in [2.75, 3.05) is 0 Å². The second-order valence-electron chi connectivity index (χ2n) is 4.85. The highest BCUT2D eigenvalue weighted by Crippen LogP contribution is 2.61. The van der Waals surface area contributed by atoms with Crippen LogP contribution in [0.4, 0.5) is 0 Å². The molecule has 2 nitrogen and oxygen atoms in total. The highest BCUT2D eigenvalue weighted by atomic mass is 16.4. The first-order valence-electron chi connectivity index (χ1n) is 5.47. The Balaban J connectivity index is 2.08. The van der Waals surface area contributed by atoms with Gasteiger partial charge in [-0.25, -0.2) is 0 Å². The molecule has 1 spiro atoms. The van der Waals surface area contributed by atoms with E-state index in [-0.39, 0.29) is 11.3 Å². The van der Waals surface area contributed by atoms with E-state index in [9.17, 15) is 4.79 Å². The second kappa shape index (κ2) is 2.63. The van der Waals surface area contributed by atoms with Crippen LogP contribution in [0.25, 0.3) is 0 Å². The van der Waals surface area contributed by atoms with E-state index in [0.29, 0.717) is 0 Å². The minimum Gasteiger partial charge on any atom is -0.481 e. The van der Waals surface area contributed by atoms with Gasteiger partial charge < -0.3 is 5.11 Å². The second-order valence-corrected chi connectivity index (χ2v) is 4.85. The van der Waals surface area contributed by atoms with E-state index in [4.69, 9.17) is 5.11 Å². The van der Waals surface area contributed by atoms with E-state index < -0.39 is 5.97 Å². The minimum absolute atomic E-state index is 0.00713. The van der Waals surface area contributed by atoms with Crippen molar-refractivity contribution in [3.05, 3.63) is 34.9 Å². The smallest absolute Gasteiger partial charge is 0.307 e. The summed E-state index contributed by atoms with van der Waals surface area (Å²) in [6, 6.07) is 6.30. The third kappa shape index (κ3) is 1.02. The van der Waals surface area contributed by atoms with Crippen molar-refractivity contribution in [1.82, 2.24) is 0 Å². The maximum Gasteiger partial charge on any atom is 0.307 e. The first-order valence-corrected chi connectivity index (χ1v) is 5.47. The molecular formula is C13H14O2. The molecule has 1 N–H and O–H groups in total. The molecule has 0 bridgehead atoms. The van der Waals surface area contributed by atoms with Crippen LogP contribution in [0.3, 0.4) is 0 Å². The molecule has 78 valence electrons. The number of benzene rings is 1. The zero-order valence-electron chi connectivity index (χ0n) is 8.79. The van der Waals surface area contributed by atoms with Gasteiger partial charge in [0, 0.05) is 5.41 Å². The van der Waals surface area contributed by atoms with Gasteiger partial charge in [-0.15, -0.1) is 0 Å². The van der Waals surface area contributed by atoms with Crippen molar-refractivity contribution in [3.63, 3.8) is 0 Å². The number of carbonyl (C=O) groups is 1. The van der Waals surface area contributed by atoms with Crippen LogP contribution in [-0.4, -0.2) is 11.1 Å². The van der Waals surface area contributed by atoms with Crippen molar-refractivity contribution < 1.29 is 9.90 Å². The quantitative estimate of drug-likeness (QED) is 0.758. The van der Waals surface area contributed by atoms with Gasteiger partial charge in [-0.1, -0.05) is 18.2 Å². The number of aryl methyl sites for hydroxylation is 1. The Morgan fingerprint density at radius 2 is 2.33 bits per heavy atom. The Kier molecular flexibility index (Phi) is 1.57. The fourth-order valence-corrected chi connectivity index (χ4v) is 3.19. The van der Waals surface area contributed by atoms with Crippen LogP contribution in [-0.2, 0) is 16.6 Å². The highest BCUT2D eigenvalue weighted by molar-refractivity contribution is 5.78. The first kappa shape index (κ1) is 8.96. The molecule has 0 aliphatic heterocycles. The molecular weight excluding hydrogens is 188 g/mol. The van der Waals surface area contributed by atoms with Gasteiger partial charge in [-0.2, -0.15) is 0 Å². The van der Waals surface area contributed by atoms with E-state index in [1.54, 1.807) is 0 Å². The SMILES string of the molecule is Cc1cccc2c1CCC21CC1C(=O)O. The molecule has 0 saturated heterocycles. The molecule has 1 saturated carbocycles. The summed E-state index contributed by atoms with van der Waals surface area (Å²) in [5, 5.41) is 9.07. The van der Waals surface area contributed by atoms with Gasteiger partial charge in [0.25, 0.3) is 0 Å². The average molecular weight is 202 g/mol. The molecule has 2 aliphatic rings. The highest BCUT2D eigenvalue weighted by Gasteiger charge is 2.61. The van der Waals surface area contributed by atoms with E-state index >= 15 is 0 Å². The molecule has 2 atom stereocenters. The third-order valence-corrected chi connectivity index (χ3v) is 4.14. The molecule has 3 rings (SSSR count). The van der Waals surface area contributed by atoms with E-state index in [1.165, 1.54) is 16.7 Å². The fraction of sp³-hybridized carbons (Fsp3) is 0.462. The standard InChI is InChI=1S/C13H14O2/c1-8-3-2-4-10-9(8)5-6-13(10)7-11(13)12(14)15/h2-4,11H,5-7H2,1H3,(H,14,15). The predicted octanol–water partition coefficient (Wildman–Crippen LogP) is 2.28. The van der Waals surface area contributed by atoms with E-state index in [0.717, 1.165) is 19.3 Å². The molecule has 2 heteroatoms. The summed E-state index contributed by atoms with van der Waals surface area (Å²) in [6.45, 7) is 2.12. The zero-order valence-corrected chi connectivity index (χ0v) is 8.79. The van der Waals surface area contributed by atoms with Crippen LogP contribution >= 0.6 is 0 Å². The number of fused-ring (bicyclic) bond motifs is 2.